The molecule has 1 saturated heterocycles. The van der Waals surface area contributed by atoms with Crippen LogP contribution in [0.25, 0.3) is 0 Å². The summed E-state index contributed by atoms with van der Waals surface area (Å²) in [5.41, 5.74) is 6.89. The van der Waals surface area contributed by atoms with Crippen molar-refractivity contribution in [2.75, 3.05) is 24.5 Å². The molecule has 0 bridgehead atoms. The molecule has 1 heterocycles. The average molecular weight is 341 g/mol. The second-order valence-corrected chi connectivity index (χ2v) is 5.08. The summed E-state index contributed by atoms with van der Waals surface area (Å²) in [7, 11) is 0. The van der Waals surface area contributed by atoms with Gasteiger partial charge in [-0.05, 0) is 24.1 Å². The number of hydrogen-bond acceptors (Lipinski definition) is 4. The molecule has 23 heavy (non-hydrogen) atoms. The molecule has 126 valence electrons. The van der Waals surface area contributed by atoms with Gasteiger partial charge >= 0.3 is 0 Å². The first-order valence-corrected chi connectivity index (χ1v) is 7.23. The van der Waals surface area contributed by atoms with Gasteiger partial charge in [0.05, 0.1) is 13.1 Å². The number of anilines is 1. The fourth-order valence-corrected chi connectivity index (χ4v) is 2.27. The van der Waals surface area contributed by atoms with Crippen LogP contribution in [0.1, 0.15) is 18.4 Å². The lowest BCUT2D eigenvalue weighted by atomic mass is 10.2. The summed E-state index contributed by atoms with van der Waals surface area (Å²) in [5.74, 6) is -0.528. The quantitative estimate of drug-likeness (QED) is 0.674. The zero-order chi connectivity index (χ0) is 15.9. The van der Waals surface area contributed by atoms with Crippen LogP contribution in [0, 0.1) is 0 Å². The molecule has 0 radical (unpaired) electrons. The Balaban J connectivity index is 0.00000264. The summed E-state index contributed by atoms with van der Waals surface area (Å²) >= 11 is 0. The molecule has 0 spiro atoms. The summed E-state index contributed by atoms with van der Waals surface area (Å²) in [4.78, 5) is 36.1. The monoisotopic (exact) mass is 340 g/mol. The Bertz CT molecular complexity index is 580. The lowest BCUT2D eigenvalue weighted by Gasteiger charge is -2.16. The molecule has 0 saturated carbocycles. The molecule has 1 aromatic carbocycles. The molecule has 0 atom stereocenters. The van der Waals surface area contributed by atoms with Crippen molar-refractivity contribution in [2.45, 2.75) is 19.4 Å². The van der Waals surface area contributed by atoms with Gasteiger partial charge in [-0.2, -0.15) is 0 Å². The number of nitrogens with two attached hydrogens (primary N) is 1. The maximum absolute atomic E-state index is 11.7. The smallest absolute Gasteiger partial charge is 0.239 e. The predicted octanol–water partition coefficient (Wildman–Crippen LogP) is -0.0737. The highest BCUT2D eigenvalue weighted by atomic mass is 35.5. The average Bonchev–Trinajstić information content (AvgIpc) is 2.97. The zero-order valence-electron chi connectivity index (χ0n) is 12.7. The highest BCUT2D eigenvalue weighted by Crippen LogP contribution is 2.22. The molecule has 3 amide bonds. The highest BCUT2D eigenvalue weighted by molar-refractivity contribution is 5.95. The van der Waals surface area contributed by atoms with Crippen LogP contribution < -0.4 is 21.3 Å². The standard InChI is InChI=1S/C15H20N4O3.ClH/c16-8-13(20)18-10-14(21)17-9-11-3-1-4-12(7-11)19-6-2-5-15(19)22;/h1,3-4,7H,2,5-6,8-10,16H2,(H,17,21)(H,18,20);1H. The van der Waals surface area contributed by atoms with E-state index in [4.69, 9.17) is 5.73 Å². The Kier molecular flexibility index (Phi) is 7.50. The molecule has 1 aliphatic rings. The lowest BCUT2D eigenvalue weighted by Crippen LogP contribution is -2.39. The molecule has 4 N–H and O–H groups in total. The van der Waals surface area contributed by atoms with Crippen molar-refractivity contribution < 1.29 is 14.4 Å². The highest BCUT2D eigenvalue weighted by Gasteiger charge is 2.21. The molecule has 0 aliphatic carbocycles. The number of carbonyl (C=O) groups excluding carboxylic acids is 3. The Morgan fingerprint density at radius 1 is 1.22 bits per heavy atom. The SMILES string of the molecule is Cl.NCC(=O)NCC(=O)NCc1cccc(N2CCCC2=O)c1. The molecular formula is C15H21ClN4O3. The second-order valence-electron chi connectivity index (χ2n) is 5.08. The molecule has 1 aliphatic heterocycles. The molecule has 1 aromatic rings. The normalized spacial score (nSPS) is 13.4. The van der Waals surface area contributed by atoms with Crippen molar-refractivity contribution in [2.24, 2.45) is 5.73 Å². The van der Waals surface area contributed by atoms with Gasteiger partial charge in [0.2, 0.25) is 17.7 Å². The number of hydrogen-bond donors (Lipinski definition) is 3. The molecule has 1 fully saturated rings. The number of rotatable bonds is 6. The lowest BCUT2D eigenvalue weighted by molar-refractivity contribution is -0.125. The predicted molar refractivity (Wildman–Crippen MR) is 89.2 cm³/mol. The van der Waals surface area contributed by atoms with Crippen LogP contribution in [0.4, 0.5) is 5.69 Å². The first-order valence-electron chi connectivity index (χ1n) is 7.23. The van der Waals surface area contributed by atoms with E-state index in [1.807, 2.05) is 24.3 Å². The Morgan fingerprint density at radius 2 is 2.00 bits per heavy atom. The van der Waals surface area contributed by atoms with E-state index < -0.39 is 0 Å². The van der Waals surface area contributed by atoms with Gasteiger partial charge in [0.25, 0.3) is 0 Å². The third-order valence-corrected chi connectivity index (χ3v) is 3.42. The maximum atomic E-state index is 11.7. The summed E-state index contributed by atoms with van der Waals surface area (Å²) in [6.45, 7) is 0.840. The van der Waals surface area contributed by atoms with E-state index in [0.29, 0.717) is 13.0 Å². The van der Waals surface area contributed by atoms with Gasteiger partial charge in [-0.15, -0.1) is 12.4 Å². The maximum Gasteiger partial charge on any atom is 0.239 e. The number of carbonyl (C=O) groups is 3. The van der Waals surface area contributed by atoms with Crippen LogP contribution in [0.3, 0.4) is 0 Å². The van der Waals surface area contributed by atoms with Gasteiger partial charge in [-0.25, -0.2) is 0 Å². The third kappa shape index (κ3) is 5.54. The van der Waals surface area contributed by atoms with E-state index in [0.717, 1.165) is 24.2 Å². The molecule has 0 unspecified atom stereocenters. The molecular weight excluding hydrogens is 320 g/mol. The fraction of sp³-hybridized carbons (Fsp3) is 0.400. The van der Waals surface area contributed by atoms with E-state index in [2.05, 4.69) is 10.6 Å². The van der Waals surface area contributed by atoms with Gasteiger partial charge in [0, 0.05) is 25.2 Å². The molecule has 7 nitrogen and oxygen atoms in total. The van der Waals surface area contributed by atoms with Crippen molar-refractivity contribution in [1.29, 1.82) is 0 Å². The van der Waals surface area contributed by atoms with E-state index in [9.17, 15) is 14.4 Å². The topological polar surface area (TPSA) is 105 Å². The minimum atomic E-state index is -0.371. The number of amides is 3. The molecule has 8 heteroatoms. The zero-order valence-corrected chi connectivity index (χ0v) is 13.5. The van der Waals surface area contributed by atoms with Gasteiger partial charge in [0.1, 0.15) is 0 Å². The van der Waals surface area contributed by atoms with E-state index >= 15 is 0 Å². The number of nitrogens with one attached hydrogen (secondary N) is 2. The van der Waals surface area contributed by atoms with E-state index in [1.54, 1.807) is 4.90 Å². The van der Waals surface area contributed by atoms with Crippen LogP contribution in [0.15, 0.2) is 24.3 Å². The fourth-order valence-electron chi connectivity index (χ4n) is 2.27. The van der Waals surface area contributed by atoms with Crippen molar-refractivity contribution >= 4 is 35.8 Å². The van der Waals surface area contributed by atoms with Crippen LogP contribution in [-0.4, -0.2) is 37.4 Å². The van der Waals surface area contributed by atoms with Gasteiger partial charge in [0.15, 0.2) is 0 Å². The van der Waals surface area contributed by atoms with Gasteiger partial charge < -0.3 is 21.3 Å². The van der Waals surface area contributed by atoms with Crippen molar-refractivity contribution in [3.05, 3.63) is 29.8 Å². The van der Waals surface area contributed by atoms with Crippen LogP contribution in [0.2, 0.25) is 0 Å². The van der Waals surface area contributed by atoms with Crippen molar-refractivity contribution in [3.63, 3.8) is 0 Å². The molecule has 0 aromatic heterocycles. The van der Waals surface area contributed by atoms with Crippen molar-refractivity contribution in [1.82, 2.24) is 10.6 Å². The second kappa shape index (κ2) is 9.12. The summed E-state index contributed by atoms with van der Waals surface area (Å²) < 4.78 is 0. The van der Waals surface area contributed by atoms with Crippen LogP contribution in [-0.2, 0) is 20.9 Å². The minimum Gasteiger partial charge on any atom is -0.350 e. The first-order chi connectivity index (χ1) is 10.6. The first kappa shape index (κ1) is 18.9. The summed E-state index contributed by atoms with van der Waals surface area (Å²) in [5, 5.41) is 5.11. The minimum absolute atomic E-state index is 0. The largest absolute Gasteiger partial charge is 0.350 e. The Hall–Kier alpha value is -2.12. The van der Waals surface area contributed by atoms with E-state index in [1.165, 1.54) is 0 Å². The number of halogens is 1. The number of benzene rings is 1. The molecule has 2 rings (SSSR count). The summed E-state index contributed by atoms with van der Waals surface area (Å²) in [6.07, 6.45) is 1.46. The Morgan fingerprint density at radius 3 is 2.65 bits per heavy atom. The van der Waals surface area contributed by atoms with Crippen LogP contribution >= 0.6 is 12.4 Å². The van der Waals surface area contributed by atoms with Crippen LogP contribution in [0.5, 0.6) is 0 Å². The summed E-state index contributed by atoms with van der Waals surface area (Å²) in [6, 6.07) is 7.51. The van der Waals surface area contributed by atoms with E-state index in [-0.39, 0.29) is 43.2 Å². The van der Waals surface area contributed by atoms with Crippen molar-refractivity contribution in [3.8, 4) is 0 Å². The Labute approximate surface area is 141 Å². The number of nitrogens with zero attached hydrogens (tertiary/aromatic N) is 1. The van der Waals surface area contributed by atoms with Gasteiger partial charge in [-0.3, -0.25) is 14.4 Å². The van der Waals surface area contributed by atoms with Gasteiger partial charge in [-0.1, -0.05) is 12.1 Å². The third-order valence-electron chi connectivity index (χ3n) is 3.42.